The van der Waals surface area contributed by atoms with E-state index in [9.17, 15) is 9.18 Å². The third kappa shape index (κ3) is 3.77. The molecule has 1 aromatic heterocycles. The van der Waals surface area contributed by atoms with Crippen LogP contribution in [0.1, 0.15) is 23.2 Å². The molecule has 0 spiro atoms. The molecule has 0 radical (unpaired) electrons. The van der Waals surface area contributed by atoms with Crippen molar-refractivity contribution in [2.75, 3.05) is 18.0 Å². The fourth-order valence-electron chi connectivity index (χ4n) is 2.64. The number of hydrogen-bond donors (Lipinski definition) is 1. The van der Waals surface area contributed by atoms with Crippen molar-refractivity contribution in [3.05, 3.63) is 54.0 Å². The predicted molar refractivity (Wildman–Crippen MR) is 83.5 cm³/mol. The molecule has 1 aromatic carbocycles. The molecule has 0 aliphatic carbocycles. The highest BCUT2D eigenvalue weighted by molar-refractivity contribution is 5.87. The van der Waals surface area contributed by atoms with E-state index < -0.39 is 5.97 Å². The number of pyridine rings is 1. The minimum absolute atomic E-state index is 0.0475. The third-order valence-corrected chi connectivity index (χ3v) is 3.86. The molecule has 0 unspecified atom stereocenters. The summed E-state index contributed by atoms with van der Waals surface area (Å²) in [5, 5.41) is 8.88. The number of benzene rings is 1. The van der Waals surface area contributed by atoms with Crippen molar-refractivity contribution < 1.29 is 19.0 Å². The number of aromatic carboxylic acids is 1. The number of nitrogens with zero attached hydrogens (tertiary/aromatic N) is 2. The van der Waals surface area contributed by atoms with Gasteiger partial charge in [-0.15, -0.1) is 0 Å². The molecule has 1 saturated heterocycles. The lowest BCUT2D eigenvalue weighted by molar-refractivity contribution is 0.0696. The number of aromatic nitrogens is 1. The van der Waals surface area contributed by atoms with Crippen molar-refractivity contribution in [2.24, 2.45) is 0 Å². The van der Waals surface area contributed by atoms with Gasteiger partial charge in [-0.1, -0.05) is 6.07 Å². The summed E-state index contributed by atoms with van der Waals surface area (Å²) in [7, 11) is 0. The Balaban J connectivity index is 1.56. The Morgan fingerprint density at radius 3 is 2.65 bits per heavy atom. The van der Waals surface area contributed by atoms with Gasteiger partial charge >= 0.3 is 5.97 Å². The summed E-state index contributed by atoms with van der Waals surface area (Å²) >= 11 is 0. The number of carboxylic acids is 1. The van der Waals surface area contributed by atoms with E-state index in [1.165, 1.54) is 18.3 Å². The second-order valence-electron chi connectivity index (χ2n) is 5.47. The van der Waals surface area contributed by atoms with Gasteiger partial charge in [0.05, 0.1) is 5.56 Å². The second kappa shape index (κ2) is 6.64. The topological polar surface area (TPSA) is 62.7 Å². The molecule has 0 bridgehead atoms. The van der Waals surface area contributed by atoms with E-state index in [0.717, 1.165) is 31.7 Å². The molecule has 0 atom stereocenters. The van der Waals surface area contributed by atoms with Gasteiger partial charge in [0, 0.05) is 38.2 Å². The van der Waals surface area contributed by atoms with Crippen molar-refractivity contribution in [3.63, 3.8) is 0 Å². The molecule has 2 heterocycles. The molecule has 120 valence electrons. The number of carbonyl (C=O) groups is 1. The van der Waals surface area contributed by atoms with Crippen LogP contribution >= 0.6 is 0 Å². The maximum absolute atomic E-state index is 13.2. The molecule has 0 amide bonds. The largest absolute Gasteiger partial charge is 0.490 e. The molecule has 1 fully saturated rings. The van der Waals surface area contributed by atoms with Crippen LogP contribution in [-0.4, -0.2) is 35.3 Å². The minimum Gasteiger partial charge on any atom is -0.490 e. The van der Waals surface area contributed by atoms with Crippen molar-refractivity contribution >= 4 is 11.8 Å². The number of piperidine rings is 1. The van der Waals surface area contributed by atoms with E-state index >= 15 is 0 Å². The van der Waals surface area contributed by atoms with Crippen LogP contribution in [0.2, 0.25) is 0 Å². The Hall–Kier alpha value is -2.63. The van der Waals surface area contributed by atoms with Gasteiger partial charge in [-0.3, -0.25) is 0 Å². The number of carboxylic acid groups (broad SMARTS) is 1. The zero-order valence-corrected chi connectivity index (χ0v) is 12.5. The van der Waals surface area contributed by atoms with E-state index in [2.05, 4.69) is 9.88 Å². The number of anilines is 1. The minimum atomic E-state index is -0.980. The number of halogens is 1. The van der Waals surface area contributed by atoms with Crippen LogP contribution in [0.15, 0.2) is 42.6 Å². The second-order valence-corrected chi connectivity index (χ2v) is 5.47. The van der Waals surface area contributed by atoms with E-state index in [1.54, 1.807) is 24.3 Å². The molecule has 2 aromatic rings. The van der Waals surface area contributed by atoms with E-state index in [-0.39, 0.29) is 17.5 Å². The van der Waals surface area contributed by atoms with Crippen LogP contribution in [0.4, 0.5) is 10.2 Å². The Bertz CT molecular complexity index is 682. The van der Waals surface area contributed by atoms with Gasteiger partial charge in [-0.2, -0.15) is 0 Å². The van der Waals surface area contributed by atoms with Gasteiger partial charge in [-0.05, 0) is 24.3 Å². The molecule has 0 saturated carbocycles. The molecule has 1 aliphatic heterocycles. The van der Waals surface area contributed by atoms with Gasteiger partial charge in [-0.25, -0.2) is 14.2 Å². The zero-order chi connectivity index (χ0) is 16.2. The highest BCUT2D eigenvalue weighted by Crippen LogP contribution is 2.22. The maximum Gasteiger partial charge on any atom is 0.337 e. The SMILES string of the molecule is O=C(O)c1ccc(N2CCC(Oc3cccc(F)c3)CC2)nc1. The lowest BCUT2D eigenvalue weighted by Crippen LogP contribution is -2.38. The average Bonchev–Trinajstić information content (AvgIpc) is 2.56. The van der Waals surface area contributed by atoms with Crippen molar-refractivity contribution in [1.29, 1.82) is 0 Å². The number of ether oxygens (including phenoxy) is 1. The number of hydrogen-bond acceptors (Lipinski definition) is 4. The smallest absolute Gasteiger partial charge is 0.337 e. The summed E-state index contributed by atoms with van der Waals surface area (Å²) in [6.07, 6.45) is 3.02. The maximum atomic E-state index is 13.2. The van der Waals surface area contributed by atoms with E-state index in [1.807, 2.05) is 0 Å². The predicted octanol–water partition coefficient (Wildman–Crippen LogP) is 2.97. The third-order valence-electron chi connectivity index (χ3n) is 3.86. The quantitative estimate of drug-likeness (QED) is 0.939. The van der Waals surface area contributed by atoms with Gasteiger partial charge < -0.3 is 14.7 Å². The highest BCUT2D eigenvalue weighted by atomic mass is 19.1. The molecule has 5 nitrogen and oxygen atoms in total. The monoisotopic (exact) mass is 316 g/mol. The van der Waals surface area contributed by atoms with Crippen LogP contribution in [-0.2, 0) is 0 Å². The zero-order valence-electron chi connectivity index (χ0n) is 12.5. The molecule has 6 heteroatoms. The first-order chi connectivity index (χ1) is 11.1. The number of rotatable bonds is 4. The Morgan fingerprint density at radius 2 is 2.04 bits per heavy atom. The molecular formula is C17H17FN2O3. The summed E-state index contributed by atoms with van der Waals surface area (Å²) in [5.74, 6) is 0.0282. The van der Waals surface area contributed by atoms with Gasteiger partial charge in [0.1, 0.15) is 23.5 Å². The first-order valence-electron chi connectivity index (χ1n) is 7.48. The fraction of sp³-hybridized carbons (Fsp3) is 0.294. The van der Waals surface area contributed by atoms with Crippen LogP contribution < -0.4 is 9.64 Å². The Labute approximate surface area is 133 Å². The average molecular weight is 316 g/mol. The standard InChI is InChI=1S/C17H17FN2O3/c18-13-2-1-3-15(10-13)23-14-6-8-20(9-7-14)16-5-4-12(11-19-16)17(21)22/h1-5,10-11,14H,6-9H2,(H,21,22). The van der Waals surface area contributed by atoms with Gasteiger partial charge in [0.2, 0.25) is 0 Å². The van der Waals surface area contributed by atoms with Crippen LogP contribution in [0.3, 0.4) is 0 Å². The summed E-state index contributed by atoms with van der Waals surface area (Å²) < 4.78 is 19.0. The van der Waals surface area contributed by atoms with Crippen molar-refractivity contribution in [1.82, 2.24) is 4.98 Å². The van der Waals surface area contributed by atoms with Crippen molar-refractivity contribution in [2.45, 2.75) is 18.9 Å². The fourth-order valence-corrected chi connectivity index (χ4v) is 2.64. The van der Waals surface area contributed by atoms with Crippen LogP contribution in [0.25, 0.3) is 0 Å². The summed E-state index contributed by atoms with van der Waals surface area (Å²) in [6.45, 7) is 1.53. The molecular weight excluding hydrogens is 299 g/mol. The molecule has 23 heavy (non-hydrogen) atoms. The van der Waals surface area contributed by atoms with E-state index in [4.69, 9.17) is 9.84 Å². The van der Waals surface area contributed by atoms with E-state index in [0.29, 0.717) is 5.75 Å². The van der Waals surface area contributed by atoms with Crippen molar-refractivity contribution in [3.8, 4) is 5.75 Å². The summed E-state index contributed by atoms with van der Waals surface area (Å²) in [6, 6.07) is 9.44. The molecule has 1 N–H and O–H groups in total. The molecule has 3 rings (SSSR count). The van der Waals surface area contributed by atoms with Crippen LogP contribution in [0, 0.1) is 5.82 Å². The lowest BCUT2D eigenvalue weighted by atomic mass is 10.1. The highest BCUT2D eigenvalue weighted by Gasteiger charge is 2.21. The first kappa shape index (κ1) is 15.3. The lowest BCUT2D eigenvalue weighted by Gasteiger charge is -2.33. The van der Waals surface area contributed by atoms with Gasteiger partial charge in [0.15, 0.2) is 0 Å². The summed E-state index contributed by atoms with van der Waals surface area (Å²) in [4.78, 5) is 17.1. The Morgan fingerprint density at radius 1 is 1.26 bits per heavy atom. The normalized spacial score (nSPS) is 15.4. The van der Waals surface area contributed by atoms with Crippen LogP contribution in [0.5, 0.6) is 5.75 Å². The summed E-state index contributed by atoms with van der Waals surface area (Å²) in [5.41, 5.74) is 0.179. The first-order valence-corrected chi connectivity index (χ1v) is 7.48. The van der Waals surface area contributed by atoms with Gasteiger partial charge in [0.25, 0.3) is 0 Å². The molecule has 1 aliphatic rings. The Kier molecular flexibility index (Phi) is 4.41.